The van der Waals surface area contributed by atoms with Crippen LogP contribution in [-0.4, -0.2) is 29.9 Å². The van der Waals surface area contributed by atoms with Crippen molar-refractivity contribution in [3.8, 4) is 0 Å². The summed E-state index contributed by atoms with van der Waals surface area (Å²) in [6, 6.07) is 3.57. The van der Waals surface area contributed by atoms with Gasteiger partial charge in [-0.2, -0.15) is 0 Å². The minimum atomic E-state index is -0.676. The van der Waals surface area contributed by atoms with Gasteiger partial charge >= 0.3 is 0 Å². The number of carbonyl (C=O) groups is 1. The van der Waals surface area contributed by atoms with E-state index in [2.05, 4.69) is 0 Å². The first-order valence-electron chi connectivity index (χ1n) is 6.04. The lowest BCUT2D eigenvalue weighted by molar-refractivity contribution is -0.131. The van der Waals surface area contributed by atoms with Crippen molar-refractivity contribution in [3.63, 3.8) is 0 Å². The maximum atomic E-state index is 13.4. The predicted octanol–water partition coefficient (Wildman–Crippen LogP) is 1.88. The van der Waals surface area contributed by atoms with Crippen molar-refractivity contribution < 1.29 is 13.6 Å². The third-order valence-corrected chi connectivity index (χ3v) is 3.20. The van der Waals surface area contributed by atoms with Gasteiger partial charge in [0.15, 0.2) is 0 Å². The van der Waals surface area contributed by atoms with Crippen LogP contribution in [-0.2, 0) is 11.2 Å². The first kappa shape index (κ1) is 15.9. The Morgan fingerprint density at radius 1 is 1.37 bits per heavy atom. The molecular weight excluding hydrogens is 274 g/mol. The fraction of sp³-hybridized carbons (Fsp3) is 0.462. The van der Waals surface area contributed by atoms with Crippen molar-refractivity contribution in [2.75, 3.05) is 13.1 Å². The molecule has 1 saturated heterocycles. The van der Waals surface area contributed by atoms with Gasteiger partial charge in [-0.05, 0) is 25.0 Å². The number of hydrogen-bond donors (Lipinski definition) is 1. The predicted molar refractivity (Wildman–Crippen MR) is 71.1 cm³/mol. The summed E-state index contributed by atoms with van der Waals surface area (Å²) < 4.78 is 26.8. The summed E-state index contributed by atoms with van der Waals surface area (Å²) >= 11 is 0. The standard InChI is InChI=1S/C13H16F2N2O.ClH/c14-11-4-1-5-12(15)10(11)7-13(18)17-6-2-3-9(16)8-17;/h1,4-5,9H,2-3,6-8,16H2;1H/t9-;/m1./s1. The molecule has 0 saturated carbocycles. The van der Waals surface area contributed by atoms with Gasteiger partial charge in [0, 0.05) is 24.7 Å². The number of nitrogens with zero attached hydrogens (tertiary/aromatic N) is 1. The summed E-state index contributed by atoms with van der Waals surface area (Å²) in [5, 5.41) is 0. The van der Waals surface area contributed by atoms with Crippen molar-refractivity contribution in [1.29, 1.82) is 0 Å². The van der Waals surface area contributed by atoms with Crippen LogP contribution in [0.15, 0.2) is 18.2 Å². The van der Waals surface area contributed by atoms with Crippen LogP contribution in [0.1, 0.15) is 18.4 Å². The zero-order valence-corrected chi connectivity index (χ0v) is 11.3. The highest BCUT2D eigenvalue weighted by Gasteiger charge is 2.23. The molecule has 1 heterocycles. The molecule has 1 fully saturated rings. The zero-order chi connectivity index (χ0) is 13.1. The molecule has 1 atom stereocenters. The molecule has 0 radical (unpaired) electrons. The van der Waals surface area contributed by atoms with E-state index in [9.17, 15) is 13.6 Å². The molecule has 0 unspecified atom stereocenters. The number of piperidine rings is 1. The number of benzene rings is 1. The van der Waals surface area contributed by atoms with Gasteiger partial charge < -0.3 is 10.6 Å². The highest BCUT2D eigenvalue weighted by Crippen LogP contribution is 2.15. The lowest BCUT2D eigenvalue weighted by Crippen LogP contribution is -2.46. The molecule has 1 aromatic rings. The van der Waals surface area contributed by atoms with E-state index < -0.39 is 11.6 Å². The Hall–Kier alpha value is -1.20. The summed E-state index contributed by atoms with van der Waals surface area (Å²) in [7, 11) is 0. The Labute approximate surface area is 117 Å². The number of hydrogen-bond acceptors (Lipinski definition) is 2. The smallest absolute Gasteiger partial charge is 0.227 e. The molecule has 1 aliphatic heterocycles. The molecular formula is C13H17ClF2N2O. The normalized spacial score (nSPS) is 18.9. The summed E-state index contributed by atoms with van der Waals surface area (Å²) in [5.41, 5.74) is 5.61. The van der Waals surface area contributed by atoms with Crippen LogP contribution in [0.4, 0.5) is 8.78 Å². The molecule has 0 bridgehead atoms. The van der Waals surface area contributed by atoms with E-state index in [0.717, 1.165) is 25.0 Å². The Bertz CT molecular complexity index is 436. The minimum Gasteiger partial charge on any atom is -0.341 e. The first-order valence-corrected chi connectivity index (χ1v) is 6.04. The van der Waals surface area contributed by atoms with Crippen LogP contribution in [0.2, 0.25) is 0 Å². The molecule has 1 aromatic carbocycles. The Morgan fingerprint density at radius 2 is 2.00 bits per heavy atom. The molecule has 2 rings (SSSR count). The van der Waals surface area contributed by atoms with Crippen LogP contribution < -0.4 is 5.73 Å². The summed E-state index contributed by atoms with van der Waals surface area (Å²) in [5.74, 6) is -1.62. The molecule has 1 aliphatic rings. The van der Waals surface area contributed by atoms with E-state index in [-0.39, 0.29) is 36.3 Å². The molecule has 6 heteroatoms. The van der Waals surface area contributed by atoms with E-state index in [1.54, 1.807) is 4.90 Å². The van der Waals surface area contributed by atoms with Crippen molar-refractivity contribution in [2.45, 2.75) is 25.3 Å². The summed E-state index contributed by atoms with van der Waals surface area (Å²) in [6.45, 7) is 1.08. The van der Waals surface area contributed by atoms with Gasteiger partial charge in [0.25, 0.3) is 0 Å². The van der Waals surface area contributed by atoms with Crippen LogP contribution in [0.3, 0.4) is 0 Å². The van der Waals surface area contributed by atoms with Crippen molar-refractivity contribution in [1.82, 2.24) is 4.90 Å². The van der Waals surface area contributed by atoms with Crippen LogP contribution in [0.25, 0.3) is 0 Å². The Morgan fingerprint density at radius 3 is 2.58 bits per heavy atom. The molecule has 0 aromatic heterocycles. The van der Waals surface area contributed by atoms with E-state index >= 15 is 0 Å². The first-order chi connectivity index (χ1) is 8.58. The molecule has 3 nitrogen and oxygen atoms in total. The number of likely N-dealkylation sites (tertiary alicyclic amines) is 1. The van der Waals surface area contributed by atoms with Gasteiger partial charge in [0.05, 0.1) is 6.42 Å². The van der Waals surface area contributed by atoms with E-state index in [1.807, 2.05) is 0 Å². The maximum Gasteiger partial charge on any atom is 0.227 e. The highest BCUT2D eigenvalue weighted by molar-refractivity contribution is 5.85. The van der Waals surface area contributed by atoms with Gasteiger partial charge in [-0.1, -0.05) is 6.07 Å². The highest BCUT2D eigenvalue weighted by atomic mass is 35.5. The van der Waals surface area contributed by atoms with Crippen molar-refractivity contribution in [3.05, 3.63) is 35.4 Å². The molecule has 1 amide bonds. The van der Waals surface area contributed by atoms with Crippen LogP contribution in [0.5, 0.6) is 0 Å². The topological polar surface area (TPSA) is 46.3 Å². The van der Waals surface area contributed by atoms with Gasteiger partial charge in [0.1, 0.15) is 11.6 Å². The van der Waals surface area contributed by atoms with Gasteiger partial charge in [-0.15, -0.1) is 12.4 Å². The number of halogens is 3. The number of carbonyl (C=O) groups excluding carboxylic acids is 1. The third-order valence-electron chi connectivity index (χ3n) is 3.20. The van der Waals surface area contributed by atoms with Gasteiger partial charge in [0.2, 0.25) is 5.91 Å². The second-order valence-corrected chi connectivity index (χ2v) is 4.62. The number of nitrogens with two attached hydrogens (primary N) is 1. The lowest BCUT2D eigenvalue weighted by atomic mass is 10.0. The van der Waals surface area contributed by atoms with E-state index in [0.29, 0.717) is 13.1 Å². The second kappa shape index (κ2) is 6.82. The maximum absolute atomic E-state index is 13.4. The monoisotopic (exact) mass is 290 g/mol. The fourth-order valence-corrected chi connectivity index (χ4v) is 2.20. The SMILES string of the molecule is Cl.N[C@@H]1CCCN(C(=O)Cc2c(F)cccc2F)C1. The molecule has 0 aliphatic carbocycles. The van der Waals surface area contributed by atoms with Crippen LogP contribution in [0, 0.1) is 11.6 Å². The molecule has 106 valence electrons. The minimum absolute atomic E-state index is 0. The van der Waals surface area contributed by atoms with E-state index in [1.165, 1.54) is 6.07 Å². The summed E-state index contributed by atoms with van der Waals surface area (Å²) in [6.07, 6.45) is 1.48. The number of amides is 1. The fourth-order valence-electron chi connectivity index (χ4n) is 2.20. The third kappa shape index (κ3) is 3.88. The molecule has 2 N–H and O–H groups in total. The number of rotatable bonds is 2. The second-order valence-electron chi connectivity index (χ2n) is 4.62. The van der Waals surface area contributed by atoms with Crippen molar-refractivity contribution in [2.24, 2.45) is 5.73 Å². The Balaban J connectivity index is 0.00000180. The summed E-state index contributed by atoms with van der Waals surface area (Å²) in [4.78, 5) is 13.5. The zero-order valence-electron chi connectivity index (χ0n) is 10.4. The lowest BCUT2D eigenvalue weighted by Gasteiger charge is -2.30. The Kier molecular flexibility index (Phi) is 5.69. The van der Waals surface area contributed by atoms with Crippen LogP contribution >= 0.6 is 12.4 Å². The van der Waals surface area contributed by atoms with Gasteiger partial charge in [-0.25, -0.2) is 8.78 Å². The molecule has 0 spiro atoms. The largest absolute Gasteiger partial charge is 0.341 e. The molecule has 19 heavy (non-hydrogen) atoms. The average Bonchev–Trinajstić information content (AvgIpc) is 2.34. The van der Waals surface area contributed by atoms with E-state index in [4.69, 9.17) is 5.73 Å². The van der Waals surface area contributed by atoms with Crippen molar-refractivity contribution >= 4 is 18.3 Å². The quantitative estimate of drug-likeness (QED) is 0.904. The average molecular weight is 291 g/mol. The van der Waals surface area contributed by atoms with Gasteiger partial charge in [-0.3, -0.25) is 4.79 Å².